The van der Waals surface area contributed by atoms with Gasteiger partial charge in [0.2, 0.25) is 10.0 Å². The van der Waals surface area contributed by atoms with Crippen LogP contribution < -0.4 is 19.5 Å². The Morgan fingerprint density at radius 3 is 2.15 bits per heavy atom. The molecule has 0 aromatic heterocycles. The number of nitrogens with zero attached hydrogens (tertiary/aromatic N) is 1. The van der Waals surface area contributed by atoms with Crippen LogP contribution in [0.2, 0.25) is 0 Å². The van der Waals surface area contributed by atoms with Crippen LogP contribution in [0.3, 0.4) is 0 Å². The maximum absolute atomic E-state index is 13.5. The van der Waals surface area contributed by atoms with E-state index in [1.165, 1.54) is 36.3 Å². The summed E-state index contributed by atoms with van der Waals surface area (Å²) >= 11 is 0. The Hall–Kier alpha value is -4.15. The number of ether oxygens (including phenoxy) is 2. The van der Waals surface area contributed by atoms with Crippen molar-refractivity contribution in [2.24, 2.45) is 5.14 Å². The van der Waals surface area contributed by atoms with Crippen molar-refractivity contribution >= 4 is 33.2 Å². The maximum Gasteiger partial charge on any atom is 0.300 e. The molecule has 40 heavy (non-hydrogen) atoms. The number of benzene rings is 3. The van der Waals surface area contributed by atoms with Gasteiger partial charge in [0.1, 0.15) is 17.3 Å². The standard InChI is InChI=1S/C30H32N2O7S/c1-6-39-24-16-9-19(17-23(24)30(2,3)4)27(33)25-26(18-7-12-21(38-5)13-8-18)32(29(35)28(25)34)20-10-14-22(15-11-20)40(31,36)37/h7-17,26,33H,6H2,1-5H3,(H2,31,36,37)/b27-25-. The minimum absolute atomic E-state index is 0.102. The molecule has 0 saturated carbocycles. The first kappa shape index (κ1) is 28.8. The molecule has 10 heteroatoms. The third kappa shape index (κ3) is 5.45. The number of carbonyl (C=O) groups excluding carboxylic acids is 2. The van der Waals surface area contributed by atoms with E-state index in [1.54, 1.807) is 42.5 Å². The second-order valence-electron chi connectivity index (χ2n) is 10.4. The van der Waals surface area contributed by atoms with Crippen molar-refractivity contribution in [3.8, 4) is 11.5 Å². The van der Waals surface area contributed by atoms with Gasteiger partial charge in [0, 0.05) is 16.8 Å². The summed E-state index contributed by atoms with van der Waals surface area (Å²) in [5.74, 6) is -0.850. The fourth-order valence-corrected chi connectivity index (χ4v) is 5.21. The largest absolute Gasteiger partial charge is 0.507 e. The van der Waals surface area contributed by atoms with Crippen molar-refractivity contribution in [1.82, 2.24) is 0 Å². The van der Waals surface area contributed by atoms with Crippen LogP contribution in [0.4, 0.5) is 5.69 Å². The number of primary sulfonamides is 1. The summed E-state index contributed by atoms with van der Waals surface area (Å²) in [5.41, 5.74) is 1.54. The third-order valence-electron chi connectivity index (χ3n) is 6.68. The average molecular weight is 565 g/mol. The molecule has 1 atom stereocenters. The molecule has 1 amide bonds. The lowest BCUT2D eigenvalue weighted by Crippen LogP contribution is -2.29. The van der Waals surface area contributed by atoms with Gasteiger partial charge in [-0.2, -0.15) is 0 Å². The molecule has 1 heterocycles. The summed E-state index contributed by atoms with van der Waals surface area (Å²) in [5, 5.41) is 16.8. The van der Waals surface area contributed by atoms with Gasteiger partial charge in [-0.15, -0.1) is 0 Å². The summed E-state index contributed by atoms with van der Waals surface area (Å²) in [6.45, 7) is 8.37. The van der Waals surface area contributed by atoms with Crippen molar-refractivity contribution in [2.45, 2.75) is 44.0 Å². The predicted molar refractivity (Wildman–Crippen MR) is 152 cm³/mol. The zero-order chi connectivity index (χ0) is 29.4. The number of aliphatic hydroxyl groups excluding tert-OH is 1. The first-order valence-corrected chi connectivity index (χ1v) is 14.2. The molecule has 4 rings (SSSR count). The minimum Gasteiger partial charge on any atom is -0.507 e. The number of methoxy groups -OCH3 is 1. The molecule has 0 radical (unpaired) electrons. The fourth-order valence-electron chi connectivity index (χ4n) is 4.70. The van der Waals surface area contributed by atoms with E-state index in [0.717, 1.165) is 5.56 Å². The number of sulfonamides is 1. The highest BCUT2D eigenvalue weighted by Crippen LogP contribution is 2.43. The van der Waals surface area contributed by atoms with E-state index in [2.05, 4.69) is 0 Å². The van der Waals surface area contributed by atoms with Gasteiger partial charge in [-0.05, 0) is 72.5 Å². The number of nitrogens with two attached hydrogens (primary N) is 1. The van der Waals surface area contributed by atoms with Gasteiger partial charge in [-0.25, -0.2) is 13.6 Å². The van der Waals surface area contributed by atoms with Crippen molar-refractivity contribution in [3.05, 3.63) is 89.0 Å². The Bertz CT molecular complexity index is 1590. The highest BCUT2D eigenvalue weighted by atomic mass is 32.2. The van der Waals surface area contributed by atoms with Crippen LogP contribution in [0.15, 0.2) is 77.2 Å². The molecule has 3 N–H and O–H groups in total. The van der Waals surface area contributed by atoms with E-state index in [9.17, 15) is 23.1 Å². The Labute approximate surface area is 233 Å². The molecule has 0 aliphatic carbocycles. The Morgan fingerprint density at radius 1 is 1.00 bits per heavy atom. The number of carbonyl (C=O) groups is 2. The van der Waals surface area contributed by atoms with E-state index in [0.29, 0.717) is 29.2 Å². The molecule has 1 aliphatic heterocycles. The van der Waals surface area contributed by atoms with Crippen LogP contribution in [0.25, 0.3) is 5.76 Å². The van der Waals surface area contributed by atoms with E-state index >= 15 is 0 Å². The predicted octanol–water partition coefficient (Wildman–Crippen LogP) is 4.67. The van der Waals surface area contributed by atoms with Crippen LogP contribution in [-0.4, -0.2) is 38.9 Å². The molecular formula is C30H32N2O7S. The van der Waals surface area contributed by atoms with Crippen LogP contribution >= 0.6 is 0 Å². The summed E-state index contributed by atoms with van der Waals surface area (Å²) in [7, 11) is -2.45. The van der Waals surface area contributed by atoms with Gasteiger partial charge < -0.3 is 14.6 Å². The van der Waals surface area contributed by atoms with Crippen molar-refractivity contribution in [3.63, 3.8) is 0 Å². The lowest BCUT2D eigenvalue weighted by molar-refractivity contribution is -0.132. The summed E-state index contributed by atoms with van der Waals surface area (Å²) in [4.78, 5) is 28.1. The fraction of sp³-hybridized carbons (Fsp3) is 0.267. The molecule has 0 bridgehead atoms. The first-order chi connectivity index (χ1) is 18.8. The van der Waals surface area contributed by atoms with E-state index in [-0.39, 0.29) is 27.3 Å². The van der Waals surface area contributed by atoms with Gasteiger partial charge in [0.15, 0.2) is 0 Å². The van der Waals surface area contributed by atoms with Gasteiger partial charge in [0.25, 0.3) is 11.7 Å². The molecule has 1 unspecified atom stereocenters. The highest BCUT2D eigenvalue weighted by Gasteiger charge is 2.47. The monoisotopic (exact) mass is 564 g/mol. The molecule has 3 aromatic carbocycles. The quantitative estimate of drug-likeness (QED) is 0.242. The number of anilines is 1. The normalized spacial score (nSPS) is 17.2. The van der Waals surface area contributed by atoms with E-state index in [1.807, 2.05) is 27.7 Å². The van der Waals surface area contributed by atoms with Crippen molar-refractivity contribution < 1.29 is 32.6 Å². The van der Waals surface area contributed by atoms with Crippen LogP contribution in [0.1, 0.15) is 50.4 Å². The number of hydrogen-bond donors (Lipinski definition) is 2. The Balaban J connectivity index is 1.93. The molecule has 210 valence electrons. The lowest BCUT2D eigenvalue weighted by Gasteiger charge is -2.26. The van der Waals surface area contributed by atoms with Crippen molar-refractivity contribution in [1.29, 1.82) is 0 Å². The highest BCUT2D eigenvalue weighted by molar-refractivity contribution is 7.89. The summed E-state index contributed by atoms with van der Waals surface area (Å²) < 4.78 is 34.6. The number of ketones is 1. The molecule has 1 saturated heterocycles. The smallest absolute Gasteiger partial charge is 0.300 e. The molecule has 3 aromatic rings. The SMILES string of the molecule is CCOc1ccc(/C(O)=C2/C(=O)C(=O)N(c3ccc(S(N)(=O)=O)cc3)C2c2ccc(OC)cc2)cc1C(C)(C)C. The van der Waals surface area contributed by atoms with Gasteiger partial charge in [-0.1, -0.05) is 32.9 Å². The maximum atomic E-state index is 13.5. The van der Waals surface area contributed by atoms with Crippen molar-refractivity contribution in [2.75, 3.05) is 18.6 Å². The third-order valence-corrected chi connectivity index (χ3v) is 7.61. The van der Waals surface area contributed by atoms with Gasteiger partial charge in [0.05, 0.1) is 30.2 Å². The Kier molecular flexibility index (Phi) is 7.78. The minimum atomic E-state index is -3.97. The van der Waals surface area contributed by atoms with Crippen LogP contribution in [0, 0.1) is 0 Å². The zero-order valence-corrected chi connectivity index (χ0v) is 23.8. The number of amides is 1. The second kappa shape index (κ2) is 10.8. The lowest BCUT2D eigenvalue weighted by atomic mass is 9.84. The number of hydrogen-bond acceptors (Lipinski definition) is 7. The molecule has 1 aliphatic rings. The van der Waals surface area contributed by atoms with Crippen LogP contribution in [0.5, 0.6) is 11.5 Å². The summed E-state index contributed by atoms with van der Waals surface area (Å²) in [6.07, 6.45) is 0. The topological polar surface area (TPSA) is 136 Å². The summed E-state index contributed by atoms with van der Waals surface area (Å²) in [6, 6.07) is 16.2. The second-order valence-corrected chi connectivity index (χ2v) is 11.9. The molecule has 0 spiro atoms. The number of Topliss-reactive ketones (excluding diaryl/α,β-unsaturated/α-hetero) is 1. The van der Waals surface area contributed by atoms with E-state index < -0.39 is 27.8 Å². The number of rotatable bonds is 7. The number of aliphatic hydroxyl groups is 1. The average Bonchev–Trinajstić information content (AvgIpc) is 3.17. The molecular weight excluding hydrogens is 532 g/mol. The van der Waals surface area contributed by atoms with Gasteiger partial charge >= 0.3 is 0 Å². The van der Waals surface area contributed by atoms with Gasteiger partial charge in [-0.3, -0.25) is 14.5 Å². The first-order valence-electron chi connectivity index (χ1n) is 12.6. The molecule has 1 fully saturated rings. The van der Waals surface area contributed by atoms with E-state index in [4.69, 9.17) is 14.6 Å². The zero-order valence-electron chi connectivity index (χ0n) is 23.0. The molecule has 9 nitrogen and oxygen atoms in total. The Morgan fingerprint density at radius 2 is 1.62 bits per heavy atom. The van der Waals surface area contributed by atoms with Crippen LogP contribution in [-0.2, 0) is 25.0 Å².